The molecule has 188 valence electrons. The number of carbonyl (C=O) groups excluding carboxylic acids is 3. The number of carbonyl (C=O) groups is 3. The van der Waals surface area contributed by atoms with Crippen LogP contribution in [0.25, 0.3) is 6.08 Å². The molecule has 0 bridgehead atoms. The van der Waals surface area contributed by atoms with Gasteiger partial charge in [-0.25, -0.2) is 5.43 Å². The van der Waals surface area contributed by atoms with Crippen molar-refractivity contribution in [3.63, 3.8) is 0 Å². The quantitative estimate of drug-likeness (QED) is 0.160. The van der Waals surface area contributed by atoms with Crippen LogP contribution in [0, 0.1) is 0 Å². The zero-order valence-electron chi connectivity index (χ0n) is 20.0. The van der Waals surface area contributed by atoms with Crippen LogP contribution < -0.4 is 29.7 Å². The molecule has 0 saturated heterocycles. The van der Waals surface area contributed by atoms with Crippen LogP contribution >= 0.6 is 0 Å². The molecule has 37 heavy (non-hydrogen) atoms. The van der Waals surface area contributed by atoms with Crippen LogP contribution in [0.15, 0.2) is 77.5 Å². The van der Waals surface area contributed by atoms with Crippen LogP contribution in [0.2, 0.25) is 0 Å². The van der Waals surface area contributed by atoms with Gasteiger partial charge in [0, 0.05) is 12.5 Å². The van der Waals surface area contributed by atoms with E-state index in [1.54, 1.807) is 66.7 Å². The van der Waals surface area contributed by atoms with Crippen molar-refractivity contribution in [1.29, 1.82) is 0 Å². The fraction of sp³-hybridized carbons (Fsp3) is 0.111. The fourth-order valence-corrected chi connectivity index (χ4v) is 3.34. The second-order valence-corrected chi connectivity index (χ2v) is 7.69. The highest BCUT2D eigenvalue weighted by molar-refractivity contribution is 6.05. The van der Waals surface area contributed by atoms with Gasteiger partial charge in [0.15, 0.2) is 23.0 Å². The van der Waals surface area contributed by atoms with Gasteiger partial charge in [0.05, 0.1) is 13.3 Å². The Balaban J connectivity index is 1.53. The first-order valence-electron chi connectivity index (χ1n) is 11.1. The summed E-state index contributed by atoms with van der Waals surface area (Å²) in [6.07, 6.45) is 2.89. The number of methoxy groups -OCH3 is 1. The number of rotatable bonds is 8. The van der Waals surface area contributed by atoms with Gasteiger partial charge in [-0.1, -0.05) is 24.3 Å². The average molecular weight is 501 g/mol. The van der Waals surface area contributed by atoms with Crippen LogP contribution in [0.5, 0.6) is 23.0 Å². The molecule has 2 N–H and O–H groups in total. The molecule has 3 aromatic rings. The minimum Gasteiger partial charge on any atom is -0.493 e. The summed E-state index contributed by atoms with van der Waals surface area (Å²) in [5.41, 5.74) is 3.94. The zero-order valence-corrected chi connectivity index (χ0v) is 20.0. The van der Waals surface area contributed by atoms with Crippen LogP contribution in [-0.2, 0) is 9.59 Å². The third-order valence-corrected chi connectivity index (χ3v) is 5.06. The molecule has 0 saturated carbocycles. The highest BCUT2D eigenvalue weighted by Gasteiger charge is 2.17. The maximum atomic E-state index is 13.0. The van der Waals surface area contributed by atoms with Crippen LogP contribution in [0.4, 0.5) is 0 Å². The molecule has 0 spiro atoms. The minimum atomic E-state index is -0.651. The van der Waals surface area contributed by atoms with E-state index in [1.807, 2.05) is 0 Å². The second-order valence-electron chi connectivity index (χ2n) is 7.69. The molecule has 1 aliphatic rings. The average Bonchev–Trinajstić information content (AvgIpc) is 3.37. The summed E-state index contributed by atoms with van der Waals surface area (Å²) in [5.74, 6) is 0.117. The molecular formula is C27H23N3O7. The topological polar surface area (TPSA) is 125 Å². The number of ether oxygens (including phenoxy) is 4. The first-order valence-corrected chi connectivity index (χ1v) is 11.1. The Morgan fingerprint density at radius 2 is 1.68 bits per heavy atom. The predicted octanol–water partition coefficient (Wildman–Crippen LogP) is 3.27. The van der Waals surface area contributed by atoms with Gasteiger partial charge in [-0.05, 0) is 59.7 Å². The molecule has 0 atom stereocenters. The lowest BCUT2D eigenvalue weighted by Gasteiger charge is -2.10. The normalized spacial score (nSPS) is 12.2. The summed E-state index contributed by atoms with van der Waals surface area (Å²) >= 11 is 0. The number of amides is 2. The van der Waals surface area contributed by atoms with Crippen molar-refractivity contribution in [2.24, 2.45) is 5.10 Å². The number of benzene rings is 3. The Labute approximate surface area is 212 Å². The molecule has 0 aromatic heterocycles. The van der Waals surface area contributed by atoms with Gasteiger partial charge >= 0.3 is 5.97 Å². The van der Waals surface area contributed by atoms with Crippen molar-refractivity contribution in [2.75, 3.05) is 13.9 Å². The molecule has 0 aliphatic carbocycles. The van der Waals surface area contributed by atoms with Gasteiger partial charge in [0.2, 0.25) is 6.79 Å². The Morgan fingerprint density at radius 1 is 0.919 bits per heavy atom. The van der Waals surface area contributed by atoms with E-state index in [2.05, 4.69) is 15.8 Å². The zero-order chi connectivity index (χ0) is 26.2. The number of hydrogen-bond acceptors (Lipinski definition) is 8. The Morgan fingerprint density at radius 3 is 2.43 bits per heavy atom. The third-order valence-electron chi connectivity index (χ3n) is 5.06. The number of nitrogens with zero attached hydrogens (tertiary/aromatic N) is 1. The maximum absolute atomic E-state index is 13.0. The van der Waals surface area contributed by atoms with E-state index in [9.17, 15) is 14.4 Å². The second kappa shape index (κ2) is 11.5. The van der Waals surface area contributed by atoms with Crippen molar-refractivity contribution < 1.29 is 33.3 Å². The van der Waals surface area contributed by atoms with Gasteiger partial charge in [-0.15, -0.1) is 0 Å². The summed E-state index contributed by atoms with van der Waals surface area (Å²) in [6.45, 7) is 1.40. The molecule has 0 unspecified atom stereocenters. The molecule has 10 heteroatoms. The highest BCUT2D eigenvalue weighted by atomic mass is 16.7. The molecule has 0 radical (unpaired) electrons. The van der Waals surface area contributed by atoms with Crippen LogP contribution in [-0.4, -0.2) is 37.9 Å². The Kier molecular flexibility index (Phi) is 7.79. The van der Waals surface area contributed by atoms with E-state index in [0.29, 0.717) is 33.9 Å². The van der Waals surface area contributed by atoms with Gasteiger partial charge in [0.1, 0.15) is 5.70 Å². The van der Waals surface area contributed by atoms with Crippen molar-refractivity contribution >= 4 is 30.1 Å². The summed E-state index contributed by atoms with van der Waals surface area (Å²) in [6, 6.07) is 18.4. The lowest BCUT2D eigenvalue weighted by Crippen LogP contribution is -2.32. The molecule has 4 rings (SSSR count). The first kappa shape index (κ1) is 25.0. The van der Waals surface area contributed by atoms with Gasteiger partial charge in [-0.3, -0.25) is 14.4 Å². The SMILES string of the molecule is COc1cc(/C=N\NC(=O)/C(=C\c2ccc3c(c2)OCO3)NC(=O)c2ccccc2)ccc1OC(C)=O. The molecule has 10 nitrogen and oxygen atoms in total. The lowest BCUT2D eigenvalue weighted by molar-refractivity contribution is -0.132. The summed E-state index contributed by atoms with van der Waals surface area (Å²) < 4.78 is 21.0. The van der Waals surface area contributed by atoms with E-state index in [0.717, 1.165) is 0 Å². The minimum absolute atomic E-state index is 0.0346. The largest absolute Gasteiger partial charge is 0.493 e. The maximum Gasteiger partial charge on any atom is 0.308 e. The summed E-state index contributed by atoms with van der Waals surface area (Å²) in [4.78, 5) is 37.0. The number of hydrazone groups is 1. The van der Waals surface area contributed by atoms with Crippen LogP contribution in [0.1, 0.15) is 28.4 Å². The van der Waals surface area contributed by atoms with E-state index >= 15 is 0 Å². The fourth-order valence-electron chi connectivity index (χ4n) is 3.34. The lowest BCUT2D eigenvalue weighted by atomic mass is 10.1. The van der Waals surface area contributed by atoms with Crippen molar-refractivity contribution in [1.82, 2.24) is 10.7 Å². The number of hydrogen-bond donors (Lipinski definition) is 2. The first-order chi connectivity index (χ1) is 17.9. The third kappa shape index (κ3) is 6.51. The van der Waals surface area contributed by atoms with Gasteiger partial charge < -0.3 is 24.3 Å². The predicted molar refractivity (Wildman–Crippen MR) is 134 cm³/mol. The molecule has 3 aromatic carbocycles. The van der Waals surface area contributed by atoms with E-state index in [-0.39, 0.29) is 18.2 Å². The van der Waals surface area contributed by atoms with Crippen molar-refractivity contribution in [2.45, 2.75) is 6.92 Å². The van der Waals surface area contributed by atoms with E-state index in [4.69, 9.17) is 18.9 Å². The van der Waals surface area contributed by atoms with E-state index in [1.165, 1.54) is 26.3 Å². The van der Waals surface area contributed by atoms with Crippen molar-refractivity contribution in [3.05, 3.63) is 89.1 Å². The van der Waals surface area contributed by atoms with Gasteiger partial charge in [0.25, 0.3) is 11.8 Å². The molecule has 2 amide bonds. The van der Waals surface area contributed by atoms with Gasteiger partial charge in [-0.2, -0.15) is 5.10 Å². The molecule has 1 aliphatic heterocycles. The number of nitrogens with one attached hydrogen (secondary N) is 2. The number of fused-ring (bicyclic) bond motifs is 1. The summed E-state index contributed by atoms with van der Waals surface area (Å²) in [7, 11) is 1.44. The molecule has 1 heterocycles. The number of esters is 1. The van der Waals surface area contributed by atoms with E-state index < -0.39 is 17.8 Å². The monoisotopic (exact) mass is 501 g/mol. The van der Waals surface area contributed by atoms with Crippen LogP contribution in [0.3, 0.4) is 0 Å². The Bertz CT molecular complexity index is 1380. The Hall–Kier alpha value is -5.12. The summed E-state index contributed by atoms with van der Waals surface area (Å²) in [5, 5.41) is 6.62. The van der Waals surface area contributed by atoms with Crippen molar-refractivity contribution in [3.8, 4) is 23.0 Å². The molecule has 0 fully saturated rings. The standard InChI is InChI=1S/C27H23N3O7/c1-17(31)37-23-11-9-19(14-24(23)34-2)15-28-30-27(33)21(29-26(32)20-6-4-3-5-7-20)12-18-8-10-22-25(13-18)36-16-35-22/h3-15H,16H2,1-2H3,(H,29,32)(H,30,33)/b21-12+,28-15-. The highest BCUT2D eigenvalue weighted by Crippen LogP contribution is 2.33. The smallest absolute Gasteiger partial charge is 0.308 e. The molecular weight excluding hydrogens is 478 g/mol.